The van der Waals surface area contributed by atoms with Crippen LogP contribution in [0.15, 0.2) is 18.2 Å². The van der Waals surface area contributed by atoms with Crippen molar-refractivity contribution in [2.75, 3.05) is 11.9 Å². The van der Waals surface area contributed by atoms with Crippen molar-refractivity contribution in [1.29, 1.82) is 0 Å². The number of nitrogens with zero attached hydrogens (tertiary/aromatic N) is 1. The van der Waals surface area contributed by atoms with Crippen molar-refractivity contribution >= 4 is 17.6 Å². The number of aliphatic carboxylic acids is 1. The van der Waals surface area contributed by atoms with E-state index in [2.05, 4.69) is 0 Å². The van der Waals surface area contributed by atoms with Gasteiger partial charge in [-0.25, -0.2) is 0 Å². The maximum atomic E-state index is 11.7. The molecule has 0 spiro atoms. The van der Waals surface area contributed by atoms with Gasteiger partial charge in [0.05, 0.1) is 5.69 Å². The minimum atomic E-state index is -1.04. The van der Waals surface area contributed by atoms with Crippen LogP contribution in [0.5, 0.6) is 5.75 Å². The second-order valence-electron chi connectivity index (χ2n) is 4.61. The van der Waals surface area contributed by atoms with E-state index < -0.39 is 18.1 Å². The Labute approximate surface area is 110 Å². The number of carboxylic acids is 1. The van der Waals surface area contributed by atoms with Crippen LogP contribution in [0.1, 0.15) is 12.5 Å². The topological polar surface area (TPSA) is 92.9 Å². The van der Waals surface area contributed by atoms with Crippen LogP contribution in [0.2, 0.25) is 0 Å². The molecule has 1 heterocycles. The number of amides is 1. The van der Waals surface area contributed by atoms with E-state index >= 15 is 0 Å². The highest BCUT2D eigenvalue weighted by Gasteiger charge is 2.29. The predicted octanol–water partition coefficient (Wildman–Crippen LogP) is 0.385. The Morgan fingerprint density at radius 2 is 2.26 bits per heavy atom. The van der Waals surface area contributed by atoms with Crippen molar-refractivity contribution in [3.8, 4) is 5.75 Å². The first-order valence-electron chi connectivity index (χ1n) is 5.95. The lowest BCUT2D eigenvalue weighted by molar-refractivity contribution is -0.138. The van der Waals surface area contributed by atoms with E-state index in [1.54, 1.807) is 32.2 Å². The maximum Gasteiger partial charge on any atom is 0.320 e. The van der Waals surface area contributed by atoms with Crippen molar-refractivity contribution in [2.45, 2.75) is 25.5 Å². The lowest BCUT2D eigenvalue weighted by Gasteiger charge is -2.30. The molecule has 0 radical (unpaired) electrons. The lowest BCUT2D eigenvalue weighted by atomic mass is 10.0. The highest BCUT2D eigenvalue weighted by Crippen LogP contribution is 2.34. The monoisotopic (exact) mass is 264 g/mol. The van der Waals surface area contributed by atoms with E-state index in [4.69, 9.17) is 15.6 Å². The number of fused-ring (bicyclic) bond motifs is 1. The average molecular weight is 264 g/mol. The van der Waals surface area contributed by atoms with Crippen LogP contribution in [0.4, 0.5) is 5.69 Å². The summed E-state index contributed by atoms with van der Waals surface area (Å²) in [4.78, 5) is 24.0. The summed E-state index contributed by atoms with van der Waals surface area (Å²) in [5, 5.41) is 8.79. The molecule has 6 heteroatoms. The third-order valence-corrected chi connectivity index (χ3v) is 3.14. The number of rotatable bonds is 3. The van der Waals surface area contributed by atoms with E-state index in [9.17, 15) is 9.59 Å². The van der Waals surface area contributed by atoms with E-state index in [1.807, 2.05) is 0 Å². The molecule has 1 aromatic carbocycles. The molecule has 2 unspecified atom stereocenters. The third-order valence-electron chi connectivity index (χ3n) is 3.14. The molecule has 0 aromatic heterocycles. The van der Waals surface area contributed by atoms with Crippen molar-refractivity contribution in [3.63, 3.8) is 0 Å². The van der Waals surface area contributed by atoms with E-state index in [0.717, 1.165) is 5.56 Å². The first-order chi connectivity index (χ1) is 8.90. The summed E-state index contributed by atoms with van der Waals surface area (Å²) in [7, 11) is 1.68. The fourth-order valence-electron chi connectivity index (χ4n) is 2.03. The first-order valence-corrected chi connectivity index (χ1v) is 5.95. The van der Waals surface area contributed by atoms with Gasteiger partial charge in [-0.2, -0.15) is 0 Å². The molecule has 1 aromatic rings. The SMILES string of the molecule is CC1Oc2cc(CC(N)C(=O)O)ccc2N(C)C1=O. The number of benzene rings is 1. The maximum absolute atomic E-state index is 11.7. The van der Waals surface area contributed by atoms with Crippen LogP contribution in [0, 0.1) is 0 Å². The Morgan fingerprint density at radius 1 is 1.58 bits per heavy atom. The van der Waals surface area contributed by atoms with Crippen molar-refractivity contribution in [1.82, 2.24) is 0 Å². The van der Waals surface area contributed by atoms with Gasteiger partial charge in [0.1, 0.15) is 11.8 Å². The second kappa shape index (κ2) is 4.89. The smallest absolute Gasteiger partial charge is 0.320 e. The largest absolute Gasteiger partial charge is 0.480 e. The Balaban J connectivity index is 2.27. The third kappa shape index (κ3) is 2.53. The highest BCUT2D eigenvalue weighted by molar-refractivity contribution is 5.99. The number of anilines is 1. The van der Waals surface area contributed by atoms with Crippen molar-refractivity contribution in [3.05, 3.63) is 23.8 Å². The lowest BCUT2D eigenvalue weighted by Crippen LogP contribution is -2.42. The van der Waals surface area contributed by atoms with Crippen LogP contribution in [-0.4, -0.2) is 36.2 Å². The number of likely N-dealkylation sites (N-methyl/N-ethyl adjacent to an activating group) is 1. The number of carbonyl (C=O) groups excluding carboxylic acids is 1. The van der Waals surface area contributed by atoms with Gasteiger partial charge in [0.25, 0.3) is 5.91 Å². The molecule has 3 N–H and O–H groups in total. The molecule has 2 rings (SSSR count). The minimum Gasteiger partial charge on any atom is -0.480 e. The van der Waals surface area contributed by atoms with Gasteiger partial charge in [-0.05, 0) is 31.0 Å². The summed E-state index contributed by atoms with van der Waals surface area (Å²) in [6.07, 6.45) is -0.321. The van der Waals surface area contributed by atoms with Crippen LogP contribution >= 0.6 is 0 Å². The van der Waals surface area contributed by atoms with Crippen LogP contribution < -0.4 is 15.4 Å². The molecule has 0 aliphatic carbocycles. The Bertz CT molecular complexity index is 529. The summed E-state index contributed by atoms with van der Waals surface area (Å²) in [6, 6.07) is 4.28. The first kappa shape index (κ1) is 13.4. The summed E-state index contributed by atoms with van der Waals surface area (Å²) < 4.78 is 5.52. The van der Waals surface area contributed by atoms with E-state index in [0.29, 0.717) is 11.4 Å². The van der Waals surface area contributed by atoms with Gasteiger partial charge >= 0.3 is 5.97 Å². The Kier molecular flexibility index (Phi) is 3.44. The number of nitrogens with two attached hydrogens (primary N) is 1. The number of ether oxygens (including phenoxy) is 1. The molecular weight excluding hydrogens is 248 g/mol. The molecule has 102 valence electrons. The number of hydrogen-bond acceptors (Lipinski definition) is 4. The number of carbonyl (C=O) groups is 2. The normalized spacial score (nSPS) is 19.6. The molecule has 1 aliphatic rings. The van der Waals surface area contributed by atoms with Gasteiger partial charge < -0.3 is 20.5 Å². The molecule has 0 saturated carbocycles. The molecule has 0 fully saturated rings. The fraction of sp³-hybridized carbons (Fsp3) is 0.385. The fourth-order valence-corrected chi connectivity index (χ4v) is 2.03. The summed E-state index contributed by atoms with van der Waals surface area (Å²) in [5.41, 5.74) is 6.94. The number of hydrogen-bond donors (Lipinski definition) is 2. The van der Waals surface area contributed by atoms with Gasteiger partial charge in [-0.15, -0.1) is 0 Å². The summed E-state index contributed by atoms with van der Waals surface area (Å²) in [6.45, 7) is 1.68. The zero-order valence-corrected chi connectivity index (χ0v) is 10.8. The van der Waals surface area contributed by atoms with Crippen molar-refractivity contribution < 1.29 is 19.4 Å². The van der Waals surface area contributed by atoms with Crippen LogP contribution in [0.25, 0.3) is 0 Å². The van der Waals surface area contributed by atoms with Crippen LogP contribution in [0.3, 0.4) is 0 Å². The average Bonchev–Trinajstić information content (AvgIpc) is 2.35. The molecule has 0 saturated heterocycles. The van der Waals surface area contributed by atoms with Gasteiger partial charge in [0.15, 0.2) is 6.10 Å². The summed E-state index contributed by atoms with van der Waals surface area (Å²) >= 11 is 0. The quantitative estimate of drug-likeness (QED) is 0.823. The van der Waals surface area contributed by atoms with Gasteiger partial charge in [-0.3, -0.25) is 9.59 Å². The molecule has 1 aliphatic heterocycles. The zero-order valence-electron chi connectivity index (χ0n) is 10.8. The van der Waals surface area contributed by atoms with Gasteiger partial charge in [0.2, 0.25) is 0 Å². The van der Waals surface area contributed by atoms with Gasteiger partial charge in [-0.1, -0.05) is 6.07 Å². The minimum absolute atomic E-state index is 0.109. The number of carboxylic acid groups (broad SMARTS) is 1. The molecule has 19 heavy (non-hydrogen) atoms. The Morgan fingerprint density at radius 3 is 2.89 bits per heavy atom. The van der Waals surface area contributed by atoms with E-state index in [1.165, 1.54) is 4.90 Å². The Hall–Kier alpha value is -2.08. The predicted molar refractivity (Wildman–Crippen MR) is 69.3 cm³/mol. The second-order valence-corrected chi connectivity index (χ2v) is 4.61. The highest BCUT2D eigenvalue weighted by atomic mass is 16.5. The molecular formula is C13H16N2O4. The standard InChI is InChI=1S/C13H16N2O4/c1-7-12(16)15(2)10-4-3-8(6-11(10)19-7)5-9(14)13(17)18/h3-4,6-7,9H,5,14H2,1-2H3,(H,17,18). The molecule has 1 amide bonds. The molecule has 6 nitrogen and oxygen atoms in total. The molecule has 0 bridgehead atoms. The summed E-state index contributed by atoms with van der Waals surface area (Å²) in [5.74, 6) is -0.577. The van der Waals surface area contributed by atoms with Crippen molar-refractivity contribution in [2.24, 2.45) is 5.73 Å². The molecule has 2 atom stereocenters. The van der Waals surface area contributed by atoms with Crippen LogP contribution in [-0.2, 0) is 16.0 Å². The van der Waals surface area contributed by atoms with Gasteiger partial charge in [0, 0.05) is 7.05 Å². The zero-order chi connectivity index (χ0) is 14.2. The van der Waals surface area contributed by atoms with E-state index in [-0.39, 0.29) is 12.3 Å².